The number of ether oxygens (including phenoxy) is 1. The van der Waals surface area contributed by atoms with Crippen molar-refractivity contribution in [1.82, 2.24) is 20.5 Å². The van der Waals surface area contributed by atoms with Gasteiger partial charge in [0.1, 0.15) is 6.61 Å². The first-order valence-electron chi connectivity index (χ1n) is 11.5. The molecule has 5 N–H and O–H groups in total. The zero-order chi connectivity index (χ0) is 24.9. The van der Waals surface area contributed by atoms with Gasteiger partial charge in [0.15, 0.2) is 11.8 Å². The summed E-state index contributed by atoms with van der Waals surface area (Å²) in [6, 6.07) is 1.32. The van der Waals surface area contributed by atoms with E-state index in [9.17, 15) is 19.8 Å². The van der Waals surface area contributed by atoms with Crippen LogP contribution in [0.1, 0.15) is 53.0 Å². The molecule has 1 unspecified atom stereocenters. The normalized spacial score (nSPS) is 19.1. The number of nitrogens with one attached hydrogen (secondary N) is 3. The molecule has 1 aromatic rings. The molecule has 0 radical (unpaired) electrons. The maximum atomic E-state index is 11.7. The quantitative estimate of drug-likeness (QED) is 0.174. The van der Waals surface area contributed by atoms with Crippen molar-refractivity contribution in [2.75, 3.05) is 32.8 Å². The van der Waals surface area contributed by atoms with Gasteiger partial charge >= 0.3 is 12.0 Å². The number of aromatic nitrogens is 1. The Kier molecular flexibility index (Phi) is 8.46. The first-order chi connectivity index (χ1) is 15.3. The summed E-state index contributed by atoms with van der Waals surface area (Å²) < 4.78 is 6.27. The van der Waals surface area contributed by atoms with E-state index in [1.165, 1.54) is 4.57 Å². The van der Waals surface area contributed by atoms with Crippen molar-refractivity contribution in [2.24, 2.45) is 10.8 Å². The zero-order valence-electron chi connectivity index (χ0n) is 20.6. The Labute approximate surface area is 196 Å². The fourth-order valence-corrected chi connectivity index (χ4v) is 4.57. The van der Waals surface area contributed by atoms with E-state index >= 15 is 0 Å². The molecule has 1 aliphatic carbocycles. The molecule has 9 heteroatoms. The van der Waals surface area contributed by atoms with Crippen LogP contribution in [0.15, 0.2) is 18.7 Å². The minimum Gasteiger partial charge on any atom is -0.494 e. The highest BCUT2D eigenvalue weighted by atomic mass is 16.5. The molecule has 1 saturated carbocycles. The van der Waals surface area contributed by atoms with Gasteiger partial charge in [-0.2, -0.15) is 0 Å². The van der Waals surface area contributed by atoms with Crippen LogP contribution in [0.25, 0.3) is 0 Å². The summed E-state index contributed by atoms with van der Waals surface area (Å²) in [6.07, 6.45) is 3.16. The highest BCUT2D eigenvalue weighted by Crippen LogP contribution is 2.67. The van der Waals surface area contributed by atoms with Crippen molar-refractivity contribution in [1.29, 1.82) is 0 Å². The molecule has 9 nitrogen and oxygen atoms in total. The number of rotatable bonds is 13. The standard InChI is InChI=1S/C24H40N4O5/c1-7-19(30)33-13-11-27-21(32)26-9-8-25-10-12-28-18(29)14-17(20(28)31)22(2,3)15-24(6)16-23(24,4)5/h7,14,25,29,31H,1,8-13,15-16H2,2-6H3,(H2,26,27,32). The largest absolute Gasteiger partial charge is 0.494 e. The monoisotopic (exact) mass is 464 g/mol. The summed E-state index contributed by atoms with van der Waals surface area (Å²) >= 11 is 0. The highest BCUT2D eigenvalue weighted by molar-refractivity contribution is 5.81. The van der Waals surface area contributed by atoms with E-state index in [0.29, 0.717) is 31.6 Å². The van der Waals surface area contributed by atoms with E-state index in [2.05, 4.69) is 57.1 Å². The number of urea groups is 1. The predicted molar refractivity (Wildman–Crippen MR) is 127 cm³/mol. The molecule has 186 valence electrons. The average Bonchev–Trinajstić information content (AvgIpc) is 3.06. The van der Waals surface area contributed by atoms with Crippen LogP contribution in [-0.2, 0) is 21.5 Å². The predicted octanol–water partition coefficient (Wildman–Crippen LogP) is 2.62. The van der Waals surface area contributed by atoms with Crippen molar-refractivity contribution in [3.8, 4) is 11.8 Å². The molecule has 1 atom stereocenters. The highest BCUT2D eigenvalue weighted by Gasteiger charge is 2.59. The lowest BCUT2D eigenvalue weighted by Gasteiger charge is -2.30. The van der Waals surface area contributed by atoms with Gasteiger partial charge in [0, 0.05) is 43.9 Å². The van der Waals surface area contributed by atoms with E-state index in [1.54, 1.807) is 6.07 Å². The summed E-state index contributed by atoms with van der Waals surface area (Å²) in [4.78, 5) is 22.6. The topological polar surface area (TPSA) is 125 Å². The van der Waals surface area contributed by atoms with Gasteiger partial charge in [0.05, 0.1) is 6.54 Å². The summed E-state index contributed by atoms with van der Waals surface area (Å²) in [7, 11) is 0. The number of aromatic hydroxyl groups is 2. The molecule has 1 aliphatic rings. The van der Waals surface area contributed by atoms with E-state index < -0.39 is 5.97 Å². The lowest BCUT2D eigenvalue weighted by Crippen LogP contribution is -2.40. The van der Waals surface area contributed by atoms with Gasteiger partial charge in [-0.1, -0.05) is 41.2 Å². The van der Waals surface area contributed by atoms with E-state index in [0.717, 1.165) is 24.5 Å². The summed E-state index contributed by atoms with van der Waals surface area (Å²) in [5.41, 5.74) is 1.04. The van der Waals surface area contributed by atoms with Crippen LogP contribution in [0.2, 0.25) is 0 Å². The second-order valence-electron chi connectivity index (χ2n) is 10.4. The molecule has 0 aliphatic heterocycles. The van der Waals surface area contributed by atoms with E-state index in [-0.39, 0.29) is 41.8 Å². The summed E-state index contributed by atoms with van der Waals surface area (Å²) in [5.74, 6) is -0.374. The zero-order valence-corrected chi connectivity index (χ0v) is 20.6. The third-order valence-electron chi connectivity index (χ3n) is 6.85. The van der Waals surface area contributed by atoms with Crippen LogP contribution in [0, 0.1) is 10.8 Å². The fraction of sp³-hybridized carbons (Fsp3) is 0.667. The Morgan fingerprint density at radius 1 is 1.18 bits per heavy atom. The molecule has 33 heavy (non-hydrogen) atoms. The van der Waals surface area contributed by atoms with Crippen molar-refractivity contribution in [3.63, 3.8) is 0 Å². The number of nitrogens with zero attached hydrogens (tertiary/aromatic N) is 1. The van der Waals surface area contributed by atoms with Crippen LogP contribution in [0.5, 0.6) is 11.8 Å². The van der Waals surface area contributed by atoms with Crippen LogP contribution < -0.4 is 16.0 Å². The molecule has 2 amide bonds. The summed E-state index contributed by atoms with van der Waals surface area (Å²) in [6.45, 7) is 16.5. The fourth-order valence-electron chi connectivity index (χ4n) is 4.57. The smallest absolute Gasteiger partial charge is 0.330 e. The van der Waals surface area contributed by atoms with E-state index in [1.807, 2.05) is 0 Å². The van der Waals surface area contributed by atoms with Crippen molar-refractivity contribution < 1.29 is 24.5 Å². The van der Waals surface area contributed by atoms with Crippen molar-refractivity contribution >= 4 is 12.0 Å². The maximum absolute atomic E-state index is 11.7. The molecule has 1 aromatic heterocycles. The number of carbonyl (C=O) groups excluding carboxylic acids is 2. The molecule has 0 spiro atoms. The number of hydrogen-bond acceptors (Lipinski definition) is 6. The van der Waals surface area contributed by atoms with Gasteiger partial charge in [-0.25, -0.2) is 9.59 Å². The first kappa shape index (κ1) is 26.6. The SMILES string of the molecule is C=CC(=O)OCCNC(=O)NCCNCCn1c(O)cc(C(C)(C)CC2(C)CC2(C)C)c1O. The lowest BCUT2D eigenvalue weighted by molar-refractivity contribution is -0.137. The molecule has 2 rings (SSSR count). The van der Waals surface area contributed by atoms with Gasteiger partial charge in [0.25, 0.3) is 0 Å². The Balaban J connectivity index is 1.71. The van der Waals surface area contributed by atoms with Crippen molar-refractivity contribution in [2.45, 2.75) is 59.4 Å². The van der Waals surface area contributed by atoms with Gasteiger partial charge in [-0.05, 0) is 29.1 Å². The van der Waals surface area contributed by atoms with Gasteiger partial charge < -0.3 is 30.9 Å². The number of hydrogen-bond donors (Lipinski definition) is 5. The second kappa shape index (κ2) is 10.5. The number of esters is 1. The van der Waals surface area contributed by atoms with Crippen LogP contribution >= 0.6 is 0 Å². The lowest BCUT2D eigenvalue weighted by atomic mass is 9.75. The summed E-state index contributed by atoms with van der Waals surface area (Å²) in [5, 5.41) is 29.6. The van der Waals surface area contributed by atoms with Gasteiger partial charge in [-0.3, -0.25) is 4.57 Å². The third-order valence-corrected chi connectivity index (χ3v) is 6.85. The second-order valence-corrected chi connectivity index (χ2v) is 10.4. The molecule has 1 heterocycles. The Morgan fingerprint density at radius 3 is 2.42 bits per heavy atom. The van der Waals surface area contributed by atoms with Gasteiger partial charge in [0.2, 0.25) is 0 Å². The van der Waals surface area contributed by atoms with Crippen LogP contribution in [0.3, 0.4) is 0 Å². The van der Waals surface area contributed by atoms with Gasteiger partial charge in [-0.15, -0.1) is 0 Å². The molecular weight excluding hydrogens is 424 g/mol. The van der Waals surface area contributed by atoms with Crippen molar-refractivity contribution in [3.05, 3.63) is 24.3 Å². The number of amides is 2. The number of carbonyl (C=O) groups is 2. The van der Waals surface area contributed by atoms with Crippen LogP contribution in [-0.4, -0.2) is 59.6 Å². The molecule has 0 saturated heterocycles. The maximum Gasteiger partial charge on any atom is 0.330 e. The Bertz CT molecular complexity index is 861. The van der Waals surface area contributed by atoms with E-state index in [4.69, 9.17) is 4.74 Å². The molecule has 1 fully saturated rings. The third kappa shape index (κ3) is 6.90. The molecule has 0 aromatic carbocycles. The average molecular weight is 465 g/mol. The Morgan fingerprint density at radius 2 is 1.82 bits per heavy atom. The minimum absolute atomic E-state index is 0.0484. The minimum atomic E-state index is -0.530. The van der Waals surface area contributed by atoms with Crippen LogP contribution in [0.4, 0.5) is 4.79 Å². The molecular formula is C24H40N4O5. The Hall–Kier alpha value is -2.68. The first-order valence-corrected chi connectivity index (χ1v) is 11.5. The molecule has 0 bridgehead atoms.